The zero-order chi connectivity index (χ0) is 18.0. The summed E-state index contributed by atoms with van der Waals surface area (Å²) in [5, 5.41) is 10.8. The first-order chi connectivity index (χ1) is 11.9. The SMILES string of the molecule is CC(C)=CC(=O)Oc1ccc(-c2cn3cc([N+](=O)[O-])ccc3n2)cc1. The molecule has 126 valence electrons. The third kappa shape index (κ3) is 3.72. The summed E-state index contributed by atoms with van der Waals surface area (Å²) in [6.07, 6.45) is 4.55. The second-order valence-corrected chi connectivity index (χ2v) is 5.70. The lowest BCUT2D eigenvalue weighted by Gasteiger charge is -2.02. The van der Waals surface area contributed by atoms with Crippen LogP contribution in [0.15, 0.2) is 60.4 Å². The number of aromatic nitrogens is 2. The number of imidazole rings is 1. The van der Waals surface area contributed by atoms with Gasteiger partial charge in [0.25, 0.3) is 5.69 Å². The van der Waals surface area contributed by atoms with E-state index in [1.807, 2.05) is 13.8 Å². The molecule has 0 saturated carbocycles. The highest BCUT2D eigenvalue weighted by Gasteiger charge is 2.10. The van der Waals surface area contributed by atoms with Gasteiger partial charge in [0.1, 0.15) is 11.4 Å². The molecule has 0 aliphatic heterocycles. The molecule has 0 radical (unpaired) electrons. The minimum atomic E-state index is -0.450. The number of carbonyl (C=O) groups excluding carboxylic acids is 1. The maximum atomic E-state index is 11.6. The van der Waals surface area contributed by atoms with Crippen LogP contribution in [0.5, 0.6) is 5.75 Å². The van der Waals surface area contributed by atoms with Crippen molar-refractivity contribution >= 4 is 17.3 Å². The van der Waals surface area contributed by atoms with Gasteiger partial charge in [-0.2, -0.15) is 0 Å². The van der Waals surface area contributed by atoms with Crippen molar-refractivity contribution in [2.45, 2.75) is 13.8 Å². The third-order valence-electron chi connectivity index (χ3n) is 3.42. The van der Waals surface area contributed by atoms with Crippen LogP contribution in [0.1, 0.15) is 13.8 Å². The second-order valence-electron chi connectivity index (χ2n) is 5.70. The molecule has 2 aromatic heterocycles. The lowest BCUT2D eigenvalue weighted by Crippen LogP contribution is -2.04. The van der Waals surface area contributed by atoms with Crippen LogP contribution >= 0.6 is 0 Å². The summed E-state index contributed by atoms with van der Waals surface area (Å²) in [6.45, 7) is 3.64. The maximum absolute atomic E-state index is 11.6. The molecule has 0 fully saturated rings. The molecule has 7 nitrogen and oxygen atoms in total. The van der Waals surface area contributed by atoms with E-state index in [4.69, 9.17) is 4.74 Å². The molecule has 0 spiro atoms. The lowest BCUT2D eigenvalue weighted by molar-refractivity contribution is -0.385. The molecule has 0 unspecified atom stereocenters. The predicted molar refractivity (Wildman–Crippen MR) is 92.3 cm³/mol. The van der Waals surface area contributed by atoms with Crippen LogP contribution in [0.2, 0.25) is 0 Å². The van der Waals surface area contributed by atoms with E-state index in [0.29, 0.717) is 17.1 Å². The molecule has 0 atom stereocenters. The minimum absolute atomic E-state index is 0.00187. The predicted octanol–water partition coefficient (Wildman–Crippen LogP) is 3.78. The number of fused-ring (bicyclic) bond motifs is 1. The Balaban J connectivity index is 1.84. The van der Waals surface area contributed by atoms with Crippen molar-refractivity contribution in [1.29, 1.82) is 0 Å². The smallest absolute Gasteiger partial charge is 0.336 e. The van der Waals surface area contributed by atoms with Gasteiger partial charge in [-0.15, -0.1) is 0 Å². The Kier molecular flexibility index (Phi) is 4.30. The summed E-state index contributed by atoms with van der Waals surface area (Å²) >= 11 is 0. The zero-order valence-electron chi connectivity index (χ0n) is 13.7. The molecule has 0 saturated heterocycles. The minimum Gasteiger partial charge on any atom is -0.423 e. The normalized spacial score (nSPS) is 10.5. The molecule has 1 aromatic carbocycles. The monoisotopic (exact) mass is 337 g/mol. The Hall–Kier alpha value is -3.48. The first-order valence-corrected chi connectivity index (χ1v) is 7.53. The van der Waals surface area contributed by atoms with Crippen molar-refractivity contribution in [3.63, 3.8) is 0 Å². The summed E-state index contributed by atoms with van der Waals surface area (Å²) in [5.74, 6) is 0.0124. The van der Waals surface area contributed by atoms with Gasteiger partial charge in [0.15, 0.2) is 0 Å². The maximum Gasteiger partial charge on any atom is 0.336 e. The van der Waals surface area contributed by atoms with Crippen LogP contribution in [0.4, 0.5) is 5.69 Å². The zero-order valence-corrected chi connectivity index (χ0v) is 13.7. The quantitative estimate of drug-likeness (QED) is 0.238. The average molecular weight is 337 g/mol. The van der Waals surface area contributed by atoms with Crippen LogP contribution in [0.25, 0.3) is 16.9 Å². The highest BCUT2D eigenvalue weighted by atomic mass is 16.6. The van der Waals surface area contributed by atoms with Gasteiger partial charge in [-0.05, 0) is 44.2 Å². The summed E-state index contributed by atoms with van der Waals surface area (Å²) in [6, 6.07) is 9.93. The summed E-state index contributed by atoms with van der Waals surface area (Å²) < 4.78 is 6.81. The number of esters is 1. The van der Waals surface area contributed by atoms with Gasteiger partial charge in [0.05, 0.1) is 16.8 Å². The fourth-order valence-electron chi connectivity index (χ4n) is 2.30. The molecule has 3 aromatic rings. The molecule has 0 aliphatic rings. The highest BCUT2D eigenvalue weighted by Crippen LogP contribution is 2.23. The highest BCUT2D eigenvalue weighted by molar-refractivity contribution is 5.84. The van der Waals surface area contributed by atoms with Gasteiger partial charge >= 0.3 is 5.97 Å². The van der Waals surface area contributed by atoms with E-state index in [-0.39, 0.29) is 5.69 Å². The molecule has 7 heteroatoms. The summed E-state index contributed by atoms with van der Waals surface area (Å²) in [7, 11) is 0. The first kappa shape index (κ1) is 16.4. The largest absolute Gasteiger partial charge is 0.423 e. The number of rotatable bonds is 4. The van der Waals surface area contributed by atoms with Crippen LogP contribution in [0.3, 0.4) is 0 Å². The summed E-state index contributed by atoms with van der Waals surface area (Å²) in [4.78, 5) is 26.4. The van der Waals surface area contributed by atoms with E-state index in [9.17, 15) is 14.9 Å². The topological polar surface area (TPSA) is 86.7 Å². The van der Waals surface area contributed by atoms with Crippen LogP contribution in [-0.4, -0.2) is 20.3 Å². The summed E-state index contributed by atoms with van der Waals surface area (Å²) in [5.41, 5.74) is 2.95. The fourth-order valence-corrected chi connectivity index (χ4v) is 2.30. The number of benzene rings is 1. The Morgan fingerprint density at radius 2 is 1.88 bits per heavy atom. The van der Waals surface area contributed by atoms with E-state index in [0.717, 1.165) is 11.1 Å². The van der Waals surface area contributed by atoms with Gasteiger partial charge < -0.3 is 4.74 Å². The number of nitro groups is 1. The van der Waals surface area contributed by atoms with Crippen molar-refractivity contribution < 1.29 is 14.5 Å². The molecule has 3 rings (SSSR count). The van der Waals surface area contributed by atoms with Crippen LogP contribution < -0.4 is 4.74 Å². The molecular formula is C18H15N3O4. The standard InChI is InChI=1S/C18H15N3O4/c1-12(2)9-18(22)25-15-6-3-13(4-7-15)16-11-20-10-14(21(23)24)5-8-17(20)19-16/h3-11H,1-2H3. The van der Waals surface area contributed by atoms with E-state index >= 15 is 0 Å². The third-order valence-corrected chi connectivity index (χ3v) is 3.42. The molecule has 0 bridgehead atoms. The molecule has 25 heavy (non-hydrogen) atoms. The molecular weight excluding hydrogens is 322 g/mol. The number of hydrogen-bond donors (Lipinski definition) is 0. The van der Waals surface area contributed by atoms with Gasteiger partial charge in [-0.3, -0.25) is 14.5 Å². The van der Waals surface area contributed by atoms with Crippen molar-refractivity contribution in [2.75, 3.05) is 0 Å². The molecule has 0 amide bonds. The molecule has 0 N–H and O–H groups in total. The Bertz CT molecular complexity index is 983. The van der Waals surface area contributed by atoms with Gasteiger partial charge in [0, 0.05) is 23.9 Å². The molecule has 0 aliphatic carbocycles. The number of ether oxygens (including phenoxy) is 1. The van der Waals surface area contributed by atoms with Crippen LogP contribution in [0, 0.1) is 10.1 Å². The number of nitrogens with zero attached hydrogens (tertiary/aromatic N) is 3. The first-order valence-electron chi connectivity index (χ1n) is 7.53. The number of allylic oxidation sites excluding steroid dienone is 1. The number of carbonyl (C=O) groups is 1. The van der Waals surface area contributed by atoms with Crippen molar-refractivity contribution in [3.05, 3.63) is 70.6 Å². The molecule has 2 heterocycles. The van der Waals surface area contributed by atoms with E-state index in [1.165, 1.54) is 18.3 Å². The van der Waals surface area contributed by atoms with E-state index in [1.54, 1.807) is 40.9 Å². The Morgan fingerprint density at radius 1 is 1.16 bits per heavy atom. The van der Waals surface area contributed by atoms with E-state index < -0.39 is 10.9 Å². The number of pyridine rings is 1. The van der Waals surface area contributed by atoms with Crippen molar-refractivity contribution in [2.24, 2.45) is 0 Å². The van der Waals surface area contributed by atoms with Gasteiger partial charge in [-0.1, -0.05) is 5.57 Å². The van der Waals surface area contributed by atoms with Gasteiger partial charge in [0.2, 0.25) is 0 Å². The Labute approximate surface area is 143 Å². The average Bonchev–Trinajstić information content (AvgIpc) is 2.97. The van der Waals surface area contributed by atoms with Crippen LogP contribution in [-0.2, 0) is 4.79 Å². The van der Waals surface area contributed by atoms with Crippen molar-refractivity contribution in [3.8, 4) is 17.0 Å². The Morgan fingerprint density at radius 3 is 2.52 bits per heavy atom. The lowest BCUT2D eigenvalue weighted by atomic mass is 10.2. The van der Waals surface area contributed by atoms with Crippen molar-refractivity contribution in [1.82, 2.24) is 9.38 Å². The van der Waals surface area contributed by atoms with Gasteiger partial charge in [-0.25, -0.2) is 9.78 Å². The number of hydrogen-bond acceptors (Lipinski definition) is 5. The second kappa shape index (κ2) is 6.56. The fraction of sp³-hybridized carbons (Fsp3) is 0.111. The van der Waals surface area contributed by atoms with E-state index in [2.05, 4.69) is 4.98 Å².